The molecular formula is C16H17Cl2N. The molecule has 0 saturated carbocycles. The van der Waals surface area contributed by atoms with Crippen molar-refractivity contribution in [2.75, 3.05) is 0 Å². The van der Waals surface area contributed by atoms with Crippen LogP contribution in [-0.2, 0) is 5.41 Å². The van der Waals surface area contributed by atoms with Gasteiger partial charge in [-0.05, 0) is 23.3 Å². The minimum Gasteiger partial charge on any atom is -0.323 e. The molecule has 0 aliphatic rings. The van der Waals surface area contributed by atoms with Crippen LogP contribution in [0.2, 0.25) is 10.0 Å². The molecule has 1 nitrogen and oxygen atoms in total. The summed E-state index contributed by atoms with van der Waals surface area (Å²) in [5.74, 6) is 0. The molecule has 0 fully saturated rings. The van der Waals surface area contributed by atoms with E-state index in [-0.39, 0.29) is 11.5 Å². The highest BCUT2D eigenvalue weighted by Gasteiger charge is 2.30. The zero-order valence-corrected chi connectivity index (χ0v) is 12.5. The first-order chi connectivity index (χ1) is 8.93. The topological polar surface area (TPSA) is 26.0 Å². The van der Waals surface area contributed by atoms with Gasteiger partial charge >= 0.3 is 0 Å². The molecule has 0 radical (unpaired) electrons. The van der Waals surface area contributed by atoms with E-state index < -0.39 is 0 Å². The maximum Gasteiger partial charge on any atom is 0.0468 e. The highest BCUT2D eigenvalue weighted by Crippen LogP contribution is 2.38. The summed E-state index contributed by atoms with van der Waals surface area (Å²) >= 11 is 12.2. The number of hydrogen-bond acceptors (Lipinski definition) is 1. The van der Waals surface area contributed by atoms with Gasteiger partial charge in [0.05, 0.1) is 0 Å². The summed E-state index contributed by atoms with van der Waals surface area (Å²) < 4.78 is 0. The van der Waals surface area contributed by atoms with Crippen LogP contribution >= 0.6 is 23.2 Å². The molecule has 3 heteroatoms. The fraction of sp³-hybridized carbons (Fsp3) is 0.250. The zero-order chi connectivity index (χ0) is 14.0. The van der Waals surface area contributed by atoms with Crippen molar-refractivity contribution in [3.05, 3.63) is 69.7 Å². The van der Waals surface area contributed by atoms with Crippen molar-refractivity contribution in [3.63, 3.8) is 0 Å². The Hall–Kier alpha value is -1.02. The number of nitrogens with two attached hydrogens (primary N) is 1. The van der Waals surface area contributed by atoms with Crippen molar-refractivity contribution in [1.29, 1.82) is 0 Å². The number of benzene rings is 2. The largest absolute Gasteiger partial charge is 0.323 e. The minimum absolute atomic E-state index is 0.195. The summed E-state index contributed by atoms with van der Waals surface area (Å²) in [5.41, 5.74) is 8.32. The lowest BCUT2D eigenvalue weighted by Crippen LogP contribution is -2.33. The van der Waals surface area contributed by atoms with Crippen LogP contribution in [0.15, 0.2) is 48.5 Å². The van der Waals surface area contributed by atoms with E-state index in [2.05, 4.69) is 26.0 Å². The van der Waals surface area contributed by atoms with E-state index in [1.165, 1.54) is 5.56 Å². The summed E-state index contributed by atoms with van der Waals surface area (Å²) in [7, 11) is 0. The zero-order valence-electron chi connectivity index (χ0n) is 11.0. The van der Waals surface area contributed by atoms with Gasteiger partial charge in [0.1, 0.15) is 0 Å². The van der Waals surface area contributed by atoms with Crippen molar-refractivity contribution < 1.29 is 0 Å². The van der Waals surface area contributed by atoms with E-state index in [1.54, 1.807) is 6.07 Å². The molecule has 2 N–H and O–H groups in total. The monoisotopic (exact) mass is 293 g/mol. The van der Waals surface area contributed by atoms with Crippen LogP contribution in [0.3, 0.4) is 0 Å². The van der Waals surface area contributed by atoms with Crippen LogP contribution in [0.1, 0.15) is 31.0 Å². The molecule has 0 aromatic heterocycles. The predicted octanol–water partition coefficient (Wildman–Crippen LogP) is 4.97. The molecule has 19 heavy (non-hydrogen) atoms. The molecule has 0 saturated heterocycles. The lowest BCUT2D eigenvalue weighted by Gasteiger charge is -2.33. The van der Waals surface area contributed by atoms with Gasteiger partial charge in [0.25, 0.3) is 0 Å². The maximum atomic E-state index is 6.43. The van der Waals surface area contributed by atoms with Crippen LogP contribution in [0.25, 0.3) is 0 Å². The van der Waals surface area contributed by atoms with Crippen LogP contribution < -0.4 is 5.73 Å². The molecule has 2 aromatic rings. The van der Waals surface area contributed by atoms with E-state index >= 15 is 0 Å². The van der Waals surface area contributed by atoms with Crippen LogP contribution in [0.5, 0.6) is 0 Å². The Balaban J connectivity index is 2.40. The third-order valence-corrected chi connectivity index (χ3v) is 4.16. The first kappa shape index (κ1) is 14.4. The standard InChI is InChI=1S/C16H17Cl2N/c1-16(2,11-6-4-3-5-7-11)15(19)13-9-8-12(17)10-14(13)18/h3-10,15H,19H2,1-2H3. The number of halogens is 2. The van der Waals surface area contributed by atoms with Crippen molar-refractivity contribution in [3.8, 4) is 0 Å². The van der Waals surface area contributed by atoms with Gasteiger partial charge in [-0.3, -0.25) is 0 Å². The molecule has 1 unspecified atom stereocenters. The molecule has 0 bridgehead atoms. The van der Waals surface area contributed by atoms with E-state index in [0.29, 0.717) is 10.0 Å². The Morgan fingerprint density at radius 3 is 2.21 bits per heavy atom. The van der Waals surface area contributed by atoms with Crippen molar-refractivity contribution in [2.45, 2.75) is 25.3 Å². The Morgan fingerprint density at radius 1 is 1.00 bits per heavy atom. The predicted molar refractivity (Wildman–Crippen MR) is 82.9 cm³/mol. The number of hydrogen-bond donors (Lipinski definition) is 1. The van der Waals surface area contributed by atoms with Crippen molar-refractivity contribution in [2.24, 2.45) is 5.73 Å². The minimum atomic E-state index is -0.210. The highest BCUT2D eigenvalue weighted by molar-refractivity contribution is 6.35. The lowest BCUT2D eigenvalue weighted by molar-refractivity contribution is 0.421. The van der Waals surface area contributed by atoms with Gasteiger partial charge in [0.15, 0.2) is 0 Å². The van der Waals surface area contributed by atoms with Gasteiger partial charge in [-0.25, -0.2) is 0 Å². The van der Waals surface area contributed by atoms with E-state index in [9.17, 15) is 0 Å². The molecule has 2 rings (SSSR count). The van der Waals surface area contributed by atoms with Gasteiger partial charge in [0.2, 0.25) is 0 Å². The Bertz CT molecular complexity index is 564. The molecule has 1 atom stereocenters. The number of rotatable bonds is 3. The van der Waals surface area contributed by atoms with Gasteiger partial charge in [-0.15, -0.1) is 0 Å². The fourth-order valence-electron chi connectivity index (χ4n) is 2.19. The summed E-state index contributed by atoms with van der Waals surface area (Å²) in [4.78, 5) is 0. The third kappa shape index (κ3) is 2.94. The average molecular weight is 294 g/mol. The van der Waals surface area contributed by atoms with E-state index in [0.717, 1.165) is 5.56 Å². The van der Waals surface area contributed by atoms with Gasteiger partial charge in [0, 0.05) is 21.5 Å². The van der Waals surface area contributed by atoms with Gasteiger partial charge < -0.3 is 5.73 Å². The molecule has 0 aliphatic carbocycles. The summed E-state index contributed by atoms with van der Waals surface area (Å²) in [6, 6.07) is 15.5. The second-order valence-corrected chi connectivity index (χ2v) is 6.07. The summed E-state index contributed by atoms with van der Waals surface area (Å²) in [6.07, 6.45) is 0. The van der Waals surface area contributed by atoms with Crippen LogP contribution in [0.4, 0.5) is 0 Å². The average Bonchev–Trinajstić information content (AvgIpc) is 2.39. The van der Waals surface area contributed by atoms with Crippen molar-refractivity contribution in [1.82, 2.24) is 0 Å². The third-order valence-electron chi connectivity index (χ3n) is 3.59. The first-order valence-electron chi connectivity index (χ1n) is 6.19. The quantitative estimate of drug-likeness (QED) is 0.849. The molecule has 0 heterocycles. The molecule has 0 aliphatic heterocycles. The SMILES string of the molecule is CC(C)(c1ccccc1)C(N)c1ccc(Cl)cc1Cl. The maximum absolute atomic E-state index is 6.43. The van der Waals surface area contributed by atoms with Gasteiger partial charge in [-0.2, -0.15) is 0 Å². The Morgan fingerprint density at radius 2 is 1.63 bits per heavy atom. The summed E-state index contributed by atoms with van der Waals surface area (Å²) in [6.45, 7) is 4.25. The smallest absolute Gasteiger partial charge is 0.0468 e. The lowest BCUT2D eigenvalue weighted by atomic mass is 9.75. The highest BCUT2D eigenvalue weighted by atomic mass is 35.5. The fourth-order valence-corrected chi connectivity index (χ4v) is 2.72. The normalized spacial score (nSPS) is 13.3. The second-order valence-electron chi connectivity index (χ2n) is 5.23. The summed E-state index contributed by atoms with van der Waals surface area (Å²) in [5, 5.41) is 1.24. The molecule has 0 amide bonds. The van der Waals surface area contributed by atoms with Gasteiger partial charge in [-0.1, -0.05) is 73.4 Å². The Kier molecular flexibility index (Phi) is 4.19. The molecule has 2 aromatic carbocycles. The van der Waals surface area contributed by atoms with Crippen LogP contribution in [0, 0.1) is 0 Å². The molecule has 0 spiro atoms. The molecular weight excluding hydrogens is 277 g/mol. The van der Waals surface area contributed by atoms with E-state index in [1.807, 2.05) is 30.3 Å². The second kappa shape index (κ2) is 5.54. The Labute approximate surface area is 124 Å². The first-order valence-corrected chi connectivity index (χ1v) is 6.94. The van der Waals surface area contributed by atoms with E-state index in [4.69, 9.17) is 28.9 Å². The van der Waals surface area contributed by atoms with Crippen LogP contribution in [-0.4, -0.2) is 0 Å². The molecule has 100 valence electrons. The van der Waals surface area contributed by atoms with Crippen molar-refractivity contribution >= 4 is 23.2 Å².